The summed E-state index contributed by atoms with van der Waals surface area (Å²) in [5, 5.41) is 14.1. The van der Waals surface area contributed by atoms with Crippen molar-refractivity contribution < 1.29 is 42.2 Å². The predicted octanol–water partition coefficient (Wildman–Crippen LogP) is 4.05. The third-order valence-electron chi connectivity index (χ3n) is 4.93. The molecule has 30 heavy (non-hydrogen) atoms. The fraction of sp³-hybridized carbons (Fsp3) is 0.348. The van der Waals surface area contributed by atoms with E-state index in [0.717, 1.165) is 28.6 Å². The number of benzene rings is 2. The van der Waals surface area contributed by atoms with E-state index in [9.17, 15) is 9.90 Å². The Hall–Kier alpha value is -1.73. The van der Waals surface area contributed by atoms with Crippen molar-refractivity contribution >= 4 is 16.7 Å². The predicted molar refractivity (Wildman–Crippen MR) is 120 cm³/mol. The van der Waals surface area contributed by atoms with Crippen LogP contribution in [0.3, 0.4) is 0 Å². The summed E-state index contributed by atoms with van der Waals surface area (Å²) in [6.45, 7) is 5.51. The molecule has 1 heterocycles. The van der Waals surface area contributed by atoms with Crippen molar-refractivity contribution in [1.29, 1.82) is 0 Å². The monoisotopic (exact) mass is 485 g/mol. The Balaban J connectivity index is 0.00000106. The molecule has 2 aromatic carbocycles. The second-order valence-corrected chi connectivity index (χ2v) is 7.11. The molecular formula is C23H30N3O3Y-. The molecule has 6 nitrogen and oxygen atoms in total. The van der Waals surface area contributed by atoms with Gasteiger partial charge in [-0.25, -0.2) is 4.79 Å². The first-order valence-corrected chi connectivity index (χ1v) is 9.60. The molecule has 0 fully saturated rings. The summed E-state index contributed by atoms with van der Waals surface area (Å²) in [5.74, 6) is 0.0786. The van der Waals surface area contributed by atoms with Crippen molar-refractivity contribution in [3.05, 3.63) is 74.4 Å². The second-order valence-electron chi connectivity index (χ2n) is 7.11. The number of fused-ring (bicyclic) bond motifs is 1. The first-order valence-electron chi connectivity index (χ1n) is 9.60. The summed E-state index contributed by atoms with van der Waals surface area (Å²) >= 11 is 0. The number of phenolic OH excluding ortho intramolecular Hbond substituents is 1. The molecule has 0 saturated carbocycles. The normalized spacial score (nSPS) is 10.5. The van der Waals surface area contributed by atoms with Gasteiger partial charge in [-0.15, -0.1) is 0 Å². The smallest absolute Gasteiger partial charge is 0.340 e. The molecule has 0 atom stereocenters. The minimum atomic E-state index is -0.371. The van der Waals surface area contributed by atoms with Crippen molar-refractivity contribution in [3.8, 4) is 5.75 Å². The number of anilines is 1. The summed E-state index contributed by atoms with van der Waals surface area (Å²) in [5.41, 5.74) is 10.3. The van der Waals surface area contributed by atoms with Crippen LogP contribution in [0.15, 0.2) is 45.6 Å². The van der Waals surface area contributed by atoms with Gasteiger partial charge in [-0.2, -0.15) is 14.1 Å². The number of hydrogen-bond acceptors (Lipinski definition) is 5. The number of nitrogens with zero attached hydrogens (tertiary/aromatic N) is 2. The van der Waals surface area contributed by atoms with E-state index in [1.165, 1.54) is 6.07 Å². The molecule has 0 unspecified atom stereocenters. The number of hydrogen-bond donors (Lipinski definition) is 2. The number of nitrogen functional groups attached to an aromatic ring is 1. The van der Waals surface area contributed by atoms with Crippen LogP contribution >= 0.6 is 0 Å². The van der Waals surface area contributed by atoms with E-state index in [1.807, 2.05) is 38.2 Å². The van der Waals surface area contributed by atoms with Gasteiger partial charge in [-0.05, 0) is 55.4 Å². The molecule has 0 aliphatic rings. The Morgan fingerprint density at radius 1 is 1.17 bits per heavy atom. The number of aromatic hydroxyl groups is 1. The Morgan fingerprint density at radius 3 is 2.47 bits per heavy atom. The Morgan fingerprint density at radius 2 is 1.83 bits per heavy atom. The van der Waals surface area contributed by atoms with Crippen LogP contribution in [0.4, 0.5) is 5.69 Å². The van der Waals surface area contributed by atoms with E-state index in [-0.39, 0.29) is 44.1 Å². The van der Waals surface area contributed by atoms with Gasteiger partial charge < -0.3 is 25.5 Å². The van der Waals surface area contributed by atoms with Crippen molar-refractivity contribution in [3.63, 3.8) is 0 Å². The summed E-state index contributed by atoms with van der Waals surface area (Å²) in [4.78, 5) is 14.9. The Kier molecular flexibility index (Phi) is 10.7. The van der Waals surface area contributed by atoms with Crippen LogP contribution in [0.1, 0.15) is 29.2 Å². The van der Waals surface area contributed by atoms with Crippen LogP contribution in [0.2, 0.25) is 0 Å². The maximum Gasteiger partial charge on any atom is 0.340 e. The van der Waals surface area contributed by atoms with Crippen LogP contribution in [0, 0.1) is 6.92 Å². The quantitative estimate of drug-likeness (QED) is 0.420. The standard InChI is InChI=1S/C21H24N2O3.C2H6N.Y/c1-4-23(3)12-18-16-9-8-15(24)11-20(16)26-21(25)17(18)10-14-6-5-7-19(22)13(14)2;1-3-2;/h5-9,11,24H,4,10,12,22H2,1-3H3;1-2H3;/q;-1;. The third kappa shape index (κ3) is 6.38. The van der Waals surface area contributed by atoms with E-state index in [4.69, 9.17) is 10.2 Å². The van der Waals surface area contributed by atoms with Crippen LogP contribution in [-0.4, -0.2) is 37.7 Å². The van der Waals surface area contributed by atoms with Crippen molar-refractivity contribution in [2.75, 3.05) is 33.4 Å². The van der Waals surface area contributed by atoms with E-state index in [0.29, 0.717) is 29.8 Å². The van der Waals surface area contributed by atoms with Crippen LogP contribution in [0.25, 0.3) is 16.3 Å². The van der Waals surface area contributed by atoms with Crippen molar-refractivity contribution in [2.24, 2.45) is 0 Å². The zero-order valence-electron chi connectivity index (χ0n) is 18.4. The maximum absolute atomic E-state index is 12.7. The molecule has 0 spiro atoms. The molecule has 0 saturated heterocycles. The van der Waals surface area contributed by atoms with Gasteiger partial charge >= 0.3 is 5.63 Å². The van der Waals surface area contributed by atoms with Crippen LogP contribution < -0.4 is 11.4 Å². The van der Waals surface area contributed by atoms with Gasteiger partial charge in [0.25, 0.3) is 0 Å². The Labute approximate surface area is 203 Å². The maximum atomic E-state index is 12.7. The number of phenols is 1. The minimum Gasteiger partial charge on any atom is -0.668 e. The zero-order valence-corrected chi connectivity index (χ0v) is 21.2. The molecule has 159 valence electrons. The summed E-state index contributed by atoms with van der Waals surface area (Å²) in [6.07, 6.45) is 0.461. The average Bonchev–Trinajstić information content (AvgIpc) is 2.68. The summed E-state index contributed by atoms with van der Waals surface area (Å²) < 4.78 is 5.51. The minimum absolute atomic E-state index is 0. The van der Waals surface area contributed by atoms with E-state index in [2.05, 4.69) is 17.1 Å². The van der Waals surface area contributed by atoms with Gasteiger partial charge in [-0.1, -0.05) is 19.1 Å². The molecular weight excluding hydrogens is 455 g/mol. The fourth-order valence-corrected chi connectivity index (χ4v) is 3.12. The Bertz CT molecular complexity index is 1030. The van der Waals surface area contributed by atoms with E-state index in [1.54, 1.807) is 20.2 Å². The van der Waals surface area contributed by atoms with Gasteiger partial charge in [-0.3, -0.25) is 0 Å². The zero-order chi connectivity index (χ0) is 21.6. The molecule has 0 aliphatic heterocycles. The molecule has 1 radical (unpaired) electrons. The topological polar surface area (TPSA) is 93.8 Å². The fourth-order valence-electron chi connectivity index (χ4n) is 3.12. The summed E-state index contributed by atoms with van der Waals surface area (Å²) in [7, 11) is 5.51. The van der Waals surface area contributed by atoms with Crippen molar-refractivity contribution in [2.45, 2.75) is 26.8 Å². The van der Waals surface area contributed by atoms with Gasteiger partial charge in [0.1, 0.15) is 11.3 Å². The summed E-state index contributed by atoms with van der Waals surface area (Å²) in [6, 6.07) is 10.7. The van der Waals surface area contributed by atoms with E-state index < -0.39 is 0 Å². The molecule has 0 amide bonds. The molecule has 3 aromatic rings. The first kappa shape index (κ1) is 26.3. The molecule has 7 heteroatoms. The molecule has 0 bridgehead atoms. The number of nitrogens with two attached hydrogens (primary N) is 1. The average molecular weight is 485 g/mol. The SMILES string of the molecule is CCN(C)Cc1c(Cc2cccc(N)c2C)c(=O)oc2cc(O)ccc12.C[N-]C.[Y]. The number of rotatable bonds is 5. The molecule has 0 aliphatic carbocycles. The van der Waals surface area contributed by atoms with E-state index >= 15 is 0 Å². The van der Waals surface area contributed by atoms with Crippen molar-refractivity contribution in [1.82, 2.24) is 4.90 Å². The van der Waals surface area contributed by atoms with Gasteiger partial charge in [0.05, 0.1) is 0 Å². The molecule has 1 aromatic heterocycles. The first-order chi connectivity index (χ1) is 13.8. The van der Waals surface area contributed by atoms with Crippen LogP contribution in [0.5, 0.6) is 5.75 Å². The van der Waals surface area contributed by atoms with Gasteiger partial charge in [0.2, 0.25) is 0 Å². The van der Waals surface area contributed by atoms with Gasteiger partial charge in [0.15, 0.2) is 0 Å². The van der Waals surface area contributed by atoms with Crippen LogP contribution in [-0.2, 0) is 45.7 Å². The van der Waals surface area contributed by atoms with Gasteiger partial charge in [0, 0.05) is 68.4 Å². The molecule has 3 N–H and O–H groups in total. The third-order valence-corrected chi connectivity index (χ3v) is 4.93. The molecule has 3 rings (SSSR count). The second kappa shape index (κ2) is 12.2. The largest absolute Gasteiger partial charge is 0.668 e.